The van der Waals surface area contributed by atoms with E-state index in [0.29, 0.717) is 34.9 Å². The summed E-state index contributed by atoms with van der Waals surface area (Å²) < 4.78 is 6.59. The number of hydrogen-bond donors (Lipinski definition) is 2. The number of aromatic nitrogens is 2. The summed E-state index contributed by atoms with van der Waals surface area (Å²) in [7, 11) is 1.55. The van der Waals surface area contributed by atoms with Crippen LogP contribution in [0.25, 0.3) is 10.9 Å². The van der Waals surface area contributed by atoms with Crippen molar-refractivity contribution >= 4 is 40.2 Å². The van der Waals surface area contributed by atoms with Crippen LogP contribution in [0.3, 0.4) is 0 Å². The minimum absolute atomic E-state index is 0.00482. The van der Waals surface area contributed by atoms with E-state index in [9.17, 15) is 14.4 Å². The predicted octanol–water partition coefficient (Wildman–Crippen LogP) is 1.87. The molecule has 0 bridgehead atoms. The summed E-state index contributed by atoms with van der Waals surface area (Å²) in [4.78, 5) is 41.2. The van der Waals surface area contributed by atoms with E-state index in [1.54, 1.807) is 55.6 Å². The van der Waals surface area contributed by atoms with Gasteiger partial charge in [-0.05, 0) is 24.3 Å². The molecule has 1 heterocycles. The number of para-hydroxylation sites is 2. The molecular formula is C20H20N4O4S. The Kier molecular flexibility index (Phi) is 6.63. The lowest BCUT2D eigenvalue weighted by Crippen LogP contribution is -2.26. The fourth-order valence-electron chi connectivity index (χ4n) is 2.76. The van der Waals surface area contributed by atoms with Crippen LogP contribution in [0.2, 0.25) is 0 Å². The van der Waals surface area contributed by atoms with Crippen molar-refractivity contribution in [1.29, 1.82) is 0 Å². The highest BCUT2D eigenvalue weighted by Crippen LogP contribution is 2.19. The molecule has 3 aromatic rings. The van der Waals surface area contributed by atoms with Gasteiger partial charge in [0.15, 0.2) is 5.16 Å². The normalized spacial score (nSPS) is 10.8. The molecule has 150 valence electrons. The molecular weight excluding hydrogens is 392 g/mol. The molecule has 0 saturated carbocycles. The lowest BCUT2D eigenvalue weighted by atomic mass is 10.1. The number of nitrogens with two attached hydrogens (primary N) is 1. The van der Waals surface area contributed by atoms with Crippen molar-refractivity contribution in [2.75, 3.05) is 24.8 Å². The molecule has 0 fully saturated rings. The van der Waals surface area contributed by atoms with Crippen molar-refractivity contribution in [3.05, 3.63) is 64.4 Å². The van der Waals surface area contributed by atoms with Crippen molar-refractivity contribution < 1.29 is 14.3 Å². The number of methoxy groups -OCH3 is 1. The molecule has 0 saturated heterocycles. The third-order valence-electron chi connectivity index (χ3n) is 4.14. The number of primary amides is 1. The number of fused-ring (bicyclic) bond motifs is 1. The second kappa shape index (κ2) is 9.35. The van der Waals surface area contributed by atoms with Gasteiger partial charge in [-0.15, -0.1) is 0 Å². The summed E-state index contributed by atoms with van der Waals surface area (Å²) in [5.74, 6) is -0.965. The number of thioether (sulfide) groups is 1. The number of anilines is 1. The van der Waals surface area contributed by atoms with Crippen LogP contribution < -0.4 is 16.6 Å². The Labute approximate surface area is 171 Å². The lowest BCUT2D eigenvalue weighted by Gasteiger charge is -2.13. The van der Waals surface area contributed by atoms with Gasteiger partial charge in [0.2, 0.25) is 5.91 Å². The molecule has 2 amide bonds. The van der Waals surface area contributed by atoms with Crippen LogP contribution in [0.1, 0.15) is 10.4 Å². The zero-order valence-corrected chi connectivity index (χ0v) is 16.6. The van der Waals surface area contributed by atoms with E-state index < -0.39 is 5.91 Å². The van der Waals surface area contributed by atoms with Crippen LogP contribution in [0.4, 0.5) is 5.69 Å². The van der Waals surface area contributed by atoms with E-state index in [2.05, 4.69) is 10.3 Å². The summed E-state index contributed by atoms with van der Waals surface area (Å²) in [5.41, 5.74) is 6.28. The zero-order valence-electron chi connectivity index (χ0n) is 15.8. The Morgan fingerprint density at radius 2 is 1.90 bits per heavy atom. The number of carbonyl (C=O) groups excluding carboxylic acids is 2. The van der Waals surface area contributed by atoms with Crippen molar-refractivity contribution in [3.8, 4) is 0 Å². The van der Waals surface area contributed by atoms with Crippen LogP contribution in [-0.2, 0) is 16.1 Å². The number of nitrogens with one attached hydrogen (secondary N) is 1. The first-order valence-electron chi connectivity index (χ1n) is 8.81. The summed E-state index contributed by atoms with van der Waals surface area (Å²) in [6.45, 7) is 0.660. The molecule has 0 atom stereocenters. The highest BCUT2D eigenvalue weighted by molar-refractivity contribution is 7.99. The molecule has 0 aliphatic carbocycles. The van der Waals surface area contributed by atoms with Gasteiger partial charge in [0.25, 0.3) is 11.5 Å². The maximum atomic E-state index is 12.8. The van der Waals surface area contributed by atoms with Crippen LogP contribution >= 0.6 is 11.8 Å². The minimum atomic E-state index is -0.627. The third kappa shape index (κ3) is 4.82. The first-order valence-corrected chi connectivity index (χ1v) is 9.80. The number of nitrogens with zero attached hydrogens (tertiary/aromatic N) is 2. The average molecular weight is 412 g/mol. The van der Waals surface area contributed by atoms with E-state index in [-0.39, 0.29) is 22.8 Å². The van der Waals surface area contributed by atoms with Crippen LogP contribution in [0.15, 0.2) is 58.5 Å². The Morgan fingerprint density at radius 3 is 2.66 bits per heavy atom. The van der Waals surface area contributed by atoms with Gasteiger partial charge in [-0.25, -0.2) is 4.98 Å². The standard InChI is InChI=1S/C20H20N4O4S/c1-28-11-10-24-19(27)14-7-3-5-9-16(14)23-20(24)29-12-17(25)22-15-8-4-2-6-13(15)18(21)26/h2-9H,10-12H2,1H3,(H2,21,26)(H,22,25). The highest BCUT2D eigenvalue weighted by atomic mass is 32.2. The topological polar surface area (TPSA) is 116 Å². The molecule has 1 aromatic heterocycles. The summed E-state index contributed by atoms with van der Waals surface area (Å²) >= 11 is 1.14. The number of amides is 2. The van der Waals surface area contributed by atoms with Crippen LogP contribution in [-0.4, -0.2) is 40.8 Å². The monoisotopic (exact) mass is 412 g/mol. The largest absolute Gasteiger partial charge is 0.383 e. The third-order valence-corrected chi connectivity index (χ3v) is 5.12. The molecule has 3 rings (SSSR count). The van der Waals surface area contributed by atoms with E-state index in [0.717, 1.165) is 11.8 Å². The molecule has 0 radical (unpaired) electrons. The fourth-order valence-corrected chi connectivity index (χ4v) is 3.59. The van der Waals surface area contributed by atoms with E-state index in [1.165, 1.54) is 4.57 Å². The molecule has 2 aromatic carbocycles. The Morgan fingerprint density at radius 1 is 1.17 bits per heavy atom. The number of carbonyl (C=O) groups is 2. The van der Waals surface area contributed by atoms with Gasteiger partial charge in [-0.1, -0.05) is 36.0 Å². The second-order valence-electron chi connectivity index (χ2n) is 6.11. The van der Waals surface area contributed by atoms with E-state index in [1.807, 2.05) is 0 Å². The predicted molar refractivity (Wildman–Crippen MR) is 112 cm³/mol. The zero-order chi connectivity index (χ0) is 20.8. The SMILES string of the molecule is COCCn1c(SCC(=O)Nc2ccccc2C(N)=O)nc2ccccc2c1=O. The smallest absolute Gasteiger partial charge is 0.262 e. The summed E-state index contributed by atoms with van der Waals surface area (Å²) in [6.07, 6.45) is 0. The van der Waals surface area contributed by atoms with E-state index >= 15 is 0 Å². The molecule has 0 spiro atoms. The summed E-state index contributed by atoms with van der Waals surface area (Å²) in [5, 5.41) is 3.60. The first kappa shape index (κ1) is 20.6. The quantitative estimate of drug-likeness (QED) is 0.431. The molecule has 9 heteroatoms. The molecule has 3 N–H and O–H groups in total. The molecule has 0 aliphatic heterocycles. The molecule has 8 nitrogen and oxygen atoms in total. The Balaban J connectivity index is 1.82. The summed E-state index contributed by atoms with van der Waals surface area (Å²) in [6, 6.07) is 13.6. The van der Waals surface area contributed by atoms with Gasteiger partial charge in [0.05, 0.1) is 41.1 Å². The lowest BCUT2D eigenvalue weighted by molar-refractivity contribution is -0.113. The number of hydrogen-bond acceptors (Lipinski definition) is 6. The Bertz CT molecular complexity index is 1110. The second-order valence-corrected chi connectivity index (χ2v) is 7.05. The molecule has 0 unspecified atom stereocenters. The van der Waals surface area contributed by atoms with E-state index in [4.69, 9.17) is 10.5 Å². The number of rotatable bonds is 8. The number of ether oxygens (including phenoxy) is 1. The fraction of sp³-hybridized carbons (Fsp3) is 0.200. The Hall–Kier alpha value is -3.17. The van der Waals surface area contributed by atoms with Crippen molar-refractivity contribution in [2.24, 2.45) is 5.73 Å². The average Bonchev–Trinajstić information content (AvgIpc) is 2.72. The van der Waals surface area contributed by atoms with Crippen molar-refractivity contribution in [3.63, 3.8) is 0 Å². The van der Waals surface area contributed by atoms with Gasteiger partial charge >= 0.3 is 0 Å². The molecule has 0 aliphatic rings. The van der Waals surface area contributed by atoms with Crippen molar-refractivity contribution in [2.45, 2.75) is 11.7 Å². The van der Waals surface area contributed by atoms with Crippen LogP contribution in [0.5, 0.6) is 0 Å². The van der Waals surface area contributed by atoms with Crippen LogP contribution in [0, 0.1) is 0 Å². The van der Waals surface area contributed by atoms with Gasteiger partial charge in [0.1, 0.15) is 0 Å². The number of benzene rings is 2. The van der Waals surface area contributed by atoms with Gasteiger partial charge < -0.3 is 15.8 Å². The highest BCUT2D eigenvalue weighted by Gasteiger charge is 2.15. The maximum absolute atomic E-state index is 12.8. The van der Waals surface area contributed by atoms with Gasteiger partial charge in [-0.3, -0.25) is 19.0 Å². The first-order chi connectivity index (χ1) is 14.0. The van der Waals surface area contributed by atoms with Gasteiger partial charge in [-0.2, -0.15) is 0 Å². The maximum Gasteiger partial charge on any atom is 0.262 e. The minimum Gasteiger partial charge on any atom is -0.383 e. The van der Waals surface area contributed by atoms with Gasteiger partial charge in [0, 0.05) is 7.11 Å². The van der Waals surface area contributed by atoms with Crippen molar-refractivity contribution in [1.82, 2.24) is 9.55 Å². The molecule has 29 heavy (non-hydrogen) atoms.